The van der Waals surface area contributed by atoms with E-state index in [1.165, 1.54) is 0 Å². The molecule has 200 valence electrons. The van der Waals surface area contributed by atoms with Crippen molar-refractivity contribution < 1.29 is 18.9 Å². The molecule has 0 fully saturated rings. The average molecular weight is 580 g/mol. The molecule has 0 saturated heterocycles. The molecule has 2 aliphatic rings. The van der Waals surface area contributed by atoms with Crippen LogP contribution in [-0.2, 0) is 0 Å². The Morgan fingerprint density at radius 1 is 1.03 bits per heavy atom. The predicted molar refractivity (Wildman–Crippen MR) is 153 cm³/mol. The van der Waals surface area contributed by atoms with Crippen molar-refractivity contribution in [3.63, 3.8) is 0 Å². The zero-order valence-electron chi connectivity index (χ0n) is 22.4. The van der Waals surface area contributed by atoms with E-state index in [0.717, 1.165) is 69.8 Å². The molecule has 0 N–H and O–H groups in total. The average Bonchev–Trinajstić information content (AvgIpc) is 3.37. The van der Waals surface area contributed by atoms with Gasteiger partial charge in [0, 0.05) is 22.0 Å². The Kier molecular flexibility index (Phi) is 8.12. The highest BCUT2D eigenvalue weighted by Crippen LogP contribution is 2.49. The normalized spacial score (nSPS) is 17.9. The molecule has 0 saturated carbocycles. The summed E-state index contributed by atoms with van der Waals surface area (Å²) in [5.74, 6) is 3.18. The molecule has 38 heavy (non-hydrogen) atoms. The summed E-state index contributed by atoms with van der Waals surface area (Å²) < 4.78 is 25.1. The number of hydrogen-bond acceptors (Lipinski definition) is 6. The van der Waals surface area contributed by atoms with Gasteiger partial charge in [0.15, 0.2) is 11.5 Å². The van der Waals surface area contributed by atoms with Crippen molar-refractivity contribution in [2.24, 2.45) is 5.10 Å². The van der Waals surface area contributed by atoms with Gasteiger partial charge in [0.05, 0.1) is 31.6 Å². The lowest BCUT2D eigenvalue weighted by molar-refractivity contribution is -0.0192. The minimum Gasteiger partial charge on any atom is -0.493 e. The Morgan fingerprint density at radius 2 is 1.84 bits per heavy atom. The van der Waals surface area contributed by atoms with Gasteiger partial charge in [-0.25, -0.2) is 5.01 Å². The first-order valence-corrected chi connectivity index (χ1v) is 14.2. The second-order valence-corrected chi connectivity index (χ2v) is 10.9. The first-order chi connectivity index (χ1) is 18.5. The number of ether oxygens (including phenoxy) is 4. The first kappa shape index (κ1) is 26.4. The van der Waals surface area contributed by atoms with E-state index in [1.54, 1.807) is 7.11 Å². The van der Waals surface area contributed by atoms with Gasteiger partial charge in [-0.15, -0.1) is 0 Å². The van der Waals surface area contributed by atoms with Gasteiger partial charge in [-0.05, 0) is 86.5 Å². The number of benzene rings is 3. The number of rotatable bonds is 10. The highest BCUT2D eigenvalue weighted by molar-refractivity contribution is 9.10. The van der Waals surface area contributed by atoms with E-state index in [4.69, 9.17) is 24.0 Å². The molecule has 2 atom stereocenters. The van der Waals surface area contributed by atoms with Crippen LogP contribution in [0.2, 0.25) is 0 Å². The molecule has 6 nitrogen and oxygen atoms in total. The SMILES string of the molecule is CCCCCOc1ccc([C@@H]2Oc3ccc(Br)cc3[C@H]3CC(c4ccc(OC(C)C)cc4)=NN32)cc1OC. The molecule has 0 spiro atoms. The highest BCUT2D eigenvalue weighted by atomic mass is 79.9. The fourth-order valence-corrected chi connectivity index (χ4v) is 5.32. The maximum atomic E-state index is 6.57. The summed E-state index contributed by atoms with van der Waals surface area (Å²) >= 11 is 3.64. The molecule has 2 heterocycles. The van der Waals surface area contributed by atoms with E-state index in [-0.39, 0.29) is 12.1 Å². The molecule has 0 radical (unpaired) electrons. The molecule has 3 aromatic carbocycles. The largest absolute Gasteiger partial charge is 0.493 e. The van der Waals surface area contributed by atoms with Crippen LogP contribution in [0.1, 0.15) is 75.4 Å². The molecule has 0 bridgehead atoms. The molecular weight excluding hydrogens is 544 g/mol. The van der Waals surface area contributed by atoms with Gasteiger partial charge in [0.2, 0.25) is 6.23 Å². The van der Waals surface area contributed by atoms with E-state index in [9.17, 15) is 0 Å². The quantitative estimate of drug-likeness (QED) is 0.228. The van der Waals surface area contributed by atoms with Gasteiger partial charge in [0.25, 0.3) is 0 Å². The lowest BCUT2D eigenvalue weighted by Crippen LogP contribution is -2.33. The number of unbranched alkanes of at least 4 members (excludes halogenated alkanes) is 2. The predicted octanol–water partition coefficient (Wildman–Crippen LogP) is 8.06. The summed E-state index contributed by atoms with van der Waals surface area (Å²) in [6.45, 7) is 6.92. The Morgan fingerprint density at radius 3 is 2.58 bits per heavy atom. The molecule has 0 unspecified atom stereocenters. The van der Waals surface area contributed by atoms with Crippen LogP contribution in [0.15, 0.2) is 70.2 Å². The zero-order chi connectivity index (χ0) is 26.6. The van der Waals surface area contributed by atoms with Crippen LogP contribution in [0.3, 0.4) is 0 Å². The number of nitrogens with zero attached hydrogens (tertiary/aromatic N) is 2. The lowest BCUT2D eigenvalue weighted by Gasteiger charge is -2.38. The van der Waals surface area contributed by atoms with Gasteiger partial charge >= 0.3 is 0 Å². The Labute approximate surface area is 233 Å². The van der Waals surface area contributed by atoms with Crippen molar-refractivity contribution in [1.82, 2.24) is 5.01 Å². The van der Waals surface area contributed by atoms with Crippen molar-refractivity contribution in [3.8, 4) is 23.0 Å². The molecule has 5 rings (SSSR count). The van der Waals surface area contributed by atoms with Crippen LogP contribution in [0.5, 0.6) is 23.0 Å². The van der Waals surface area contributed by atoms with Gasteiger partial charge in [-0.2, -0.15) is 5.10 Å². The van der Waals surface area contributed by atoms with Crippen LogP contribution in [0, 0.1) is 0 Å². The van der Waals surface area contributed by atoms with Crippen molar-refractivity contribution >= 4 is 21.6 Å². The lowest BCUT2D eigenvalue weighted by atomic mass is 9.96. The number of hydrogen-bond donors (Lipinski definition) is 0. The van der Waals surface area contributed by atoms with Crippen LogP contribution >= 0.6 is 15.9 Å². The van der Waals surface area contributed by atoms with E-state index in [1.807, 2.05) is 50.2 Å². The van der Waals surface area contributed by atoms with Crippen molar-refractivity contribution in [1.29, 1.82) is 0 Å². The number of methoxy groups -OCH3 is 1. The third-order valence-corrected chi connectivity index (χ3v) is 7.28. The van der Waals surface area contributed by atoms with Crippen molar-refractivity contribution in [2.75, 3.05) is 13.7 Å². The Bertz CT molecular complexity index is 1290. The fourth-order valence-electron chi connectivity index (χ4n) is 4.94. The number of halogens is 1. The van der Waals surface area contributed by atoms with Crippen LogP contribution < -0.4 is 18.9 Å². The molecule has 0 amide bonds. The maximum Gasteiger partial charge on any atom is 0.214 e. The second-order valence-electron chi connectivity index (χ2n) is 9.96. The van der Waals surface area contributed by atoms with Gasteiger partial charge < -0.3 is 18.9 Å². The summed E-state index contributed by atoms with van der Waals surface area (Å²) in [5, 5.41) is 7.18. The van der Waals surface area contributed by atoms with Crippen LogP contribution in [0.25, 0.3) is 0 Å². The molecule has 7 heteroatoms. The molecule has 3 aromatic rings. The van der Waals surface area contributed by atoms with Gasteiger partial charge in [0.1, 0.15) is 11.5 Å². The monoisotopic (exact) mass is 578 g/mol. The number of hydrazone groups is 1. The van der Waals surface area contributed by atoms with Crippen LogP contribution in [0.4, 0.5) is 0 Å². The summed E-state index contributed by atoms with van der Waals surface area (Å²) in [6.07, 6.45) is 3.86. The fraction of sp³-hybridized carbons (Fsp3) is 0.387. The van der Waals surface area contributed by atoms with E-state index < -0.39 is 6.23 Å². The van der Waals surface area contributed by atoms with Crippen molar-refractivity contribution in [2.45, 2.75) is 64.8 Å². The van der Waals surface area contributed by atoms with E-state index in [0.29, 0.717) is 12.4 Å². The second kappa shape index (κ2) is 11.7. The van der Waals surface area contributed by atoms with E-state index >= 15 is 0 Å². The third kappa shape index (κ3) is 5.63. The van der Waals surface area contributed by atoms with Crippen molar-refractivity contribution in [3.05, 3.63) is 81.8 Å². The molecular formula is C31H35BrN2O4. The van der Waals surface area contributed by atoms with E-state index in [2.05, 4.69) is 52.1 Å². The van der Waals surface area contributed by atoms with Crippen LogP contribution in [-0.4, -0.2) is 30.5 Å². The smallest absolute Gasteiger partial charge is 0.214 e. The summed E-state index contributed by atoms with van der Waals surface area (Å²) in [7, 11) is 1.67. The Balaban J connectivity index is 1.46. The number of fused-ring (bicyclic) bond motifs is 3. The van der Waals surface area contributed by atoms with Gasteiger partial charge in [-0.1, -0.05) is 35.7 Å². The zero-order valence-corrected chi connectivity index (χ0v) is 24.0. The highest BCUT2D eigenvalue weighted by Gasteiger charge is 2.41. The first-order valence-electron chi connectivity index (χ1n) is 13.4. The summed E-state index contributed by atoms with van der Waals surface area (Å²) in [6, 6.07) is 20.5. The third-order valence-electron chi connectivity index (χ3n) is 6.79. The Hall–Kier alpha value is -3.19. The van der Waals surface area contributed by atoms with Gasteiger partial charge in [-0.3, -0.25) is 0 Å². The summed E-state index contributed by atoms with van der Waals surface area (Å²) in [5.41, 5.74) is 4.19. The molecule has 0 aromatic heterocycles. The minimum atomic E-state index is -0.391. The molecule has 2 aliphatic heterocycles. The summed E-state index contributed by atoms with van der Waals surface area (Å²) in [4.78, 5) is 0. The topological polar surface area (TPSA) is 52.5 Å². The maximum absolute atomic E-state index is 6.57. The standard InChI is InChI=1S/C31H35BrN2O4/c1-5-6-7-16-36-29-14-10-22(17-30(29)35-4)31-34-27(25-18-23(32)11-15-28(25)38-31)19-26(33-34)21-8-12-24(13-9-21)37-20(2)3/h8-15,17-18,20,27,31H,5-7,16,19H2,1-4H3/t27-,31+/m1/s1. The molecule has 0 aliphatic carbocycles. The minimum absolute atomic E-state index is 0.0544.